The minimum atomic E-state index is -3.56. The number of piperidine rings is 1. The first-order valence-electron chi connectivity index (χ1n) is 11.1. The standard InChI is InChI=1S/C24H31N3O4S/c1-4-21-10-5-6-15-27(21)32(30,31)22-13-11-19(12-14-22)25-24(29)18-8-7-9-20(16-18)26-23(28)17(2)3/h7-9,11-14,16-17,21H,4-6,10,15H2,1-3H3,(H,25,29)(H,26,28). The number of anilines is 2. The van der Waals surface area contributed by atoms with Crippen molar-refractivity contribution in [3.63, 3.8) is 0 Å². The molecule has 2 N–H and O–H groups in total. The normalized spacial score (nSPS) is 17.2. The van der Waals surface area contributed by atoms with E-state index in [9.17, 15) is 18.0 Å². The zero-order valence-electron chi connectivity index (χ0n) is 18.8. The van der Waals surface area contributed by atoms with E-state index in [0.29, 0.717) is 23.5 Å². The quantitative estimate of drug-likeness (QED) is 0.640. The van der Waals surface area contributed by atoms with E-state index in [1.165, 1.54) is 12.1 Å². The second-order valence-electron chi connectivity index (χ2n) is 8.38. The lowest BCUT2D eigenvalue weighted by Gasteiger charge is -2.34. The molecular formula is C24H31N3O4S. The van der Waals surface area contributed by atoms with Crippen LogP contribution in [0.1, 0.15) is 56.8 Å². The zero-order valence-corrected chi connectivity index (χ0v) is 19.6. The van der Waals surface area contributed by atoms with E-state index in [0.717, 1.165) is 25.7 Å². The maximum atomic E-state index is 13.1. The third kappa shape index (κ3) is 5.55. The van der Waals surface area contributed by atoms with Crippen LogP contribution in [0.3, 0.4) is 0 Å². The molecule has 0 aromatic heterocycles. The molecule has 0 spiro atoms. The van der Waals surface area contributed by atoms with Crippen molar-refractivity contribution in [3.8, 4) is 0 Å². The van der Waals surface area contributed by atoms with Crippen LogP contribution in [0.15, 0.2) is 53.4 Å². The molecule has 2 aromatic carbocycles. The van der Waals surface area contributed by atoms with Gasteiger partial charge in [-0.25, -0.2) is 8.42 Å². The first-order chi connectivity index (χ1) is 15.2. The highest BCUT2D eigenvalue weighted by atomic mass is 32.2. The largest absolute Gasteiger partial charge is 0.326 e. The summed E-state index contributed by atoms with van der Waals surface area (Å²) in [6, 6.07) is 13.0. The lowest BCUT2D eigenvalue weighted by atomic mass is 10.0. The first kappa shape index (κ1) is 23.9. The summed E-state index contributed by atoms with van der Waals surface area (Å²) in [5, 5.41) is 5.55. The third-order valence-electron chi connectivity index (χ3n) is 5.68. The predicted octanol–water partition coefficient (Wildman–Crippen LogP) is 4.49. The fraction of sp³-hybridized carbons (Fsp3) is 0.417. The molecule has 8 heteroatoms. The molecule has 1 atom stereocenters. The van der Waals surface area contributed by atoms with Crippen LogP contribution in [0, 0.1) is 5.92 Å². The summed E-state index contributed by atoms with van der Waals surface area (Å²) < 4.78 is 27.8. The number of nitrogens with zero attached hydrogens (tertiary/aromatic N) is 1. The van der Waals surface area contributed by atoms with Gasteiger partial charge in [-0.3, -0.25) is 9.59 Å². The molecule has 7 nitrogen and oxygen atoms in total. The number of sulfonamides is 1. The Morgan fingerprint density at radius 2 is 1.75 bits per heavy atom. The van der Waals surface area contributed by atoms with Crippen molar-refractivity contribution in [1.82, 2.24) is 4.31 Å². The van der Waals surface area contributed by atoms with Crippen molar-refractivity contribution in [2.45, 2.75) is 57.4 Å². The van der Waals surface area contributed by atoms with Crippen molar-refractivity contribution >= 4 is 33.2 Å². The molecule has 2 amide bonds. The topological polar surface area (TPSA) is 95.6 Å². The monoisotopic (exact) mass is 457 g/mol. The van der Waals surface area contributed by atoms with E-state index in [1.807, 2.05) is 6.92 Å². The molecule has 0 aliphatic carbocycles. The lowest BCUT2D eigenvalue weighted by molar-refractivity contribution is -0.118. The Hall–Kier alpha value is -2.71. The summed E-state index contributed by atoms with van der Waals surface area (Å²) in [6.45, 7) is 6.15. The van der Waals surface area contributed by atoms with Crippen molar-refractivity contribution < 1.29 is 18.0 Å². The third-order valence-corrected chi connectivity index (χ3v) is 7.65. The molecular weight excluding hydrogens is 426 g/mol. The number of hydrogen-bond donors (Lipinski definition) is 2. The summed E-state index contributed by atoms with van der Waals surface area (Å²) in [5.41, 5.74) is 1.43. The molecule has 3 rings (SSSR count). The zero-order chi connectivity index (χ0) is 23.3. The van der Waals surface area contributed by atoms with E-state index in [4.69, 9.17) is 0 Å². The van der Waals surface area contributed by atoms with Gasteiger partial charge in [0, 0.05) is 35.4 Å². The van der Waals surface area contributed by atoms with E-state index < -0.39 is 10.0 Å². The molecule has 1 heterocycles. The van der Waals surface area contributed by atoms with E-state index in [-0.39, 0.29) is 28.7 Å². The Balaban J connectivity index is 1.70. The van der Waals surface area contributed by atoms with Gasteiger partial charge in [-0.05, 0) is 61.7 Å². The SMILES string of the molecule is CCC1CCCCN1S(=O)(=O)c1ccc(NC(=O)c2cccc(NC(=O)C(C)C)c2)cc1. The van der Waals surface area contributed by atoms with Crippen molar-refractivity contribution in [2.24, 2.45) is 5.92 Å². The highest BCUT2D eigenvalue weighted by molar-refractivity contribution is 7.89. The van der Waals surface area contributed by atoms with E-state index in [1.54, 1.807) is 54.6 Å². The van der Waals surface area contributed by atoms with Gasteiger partial charge in [-0.15, -0.1) is 0 Å². The highest BCUT2D eigenvalue weighted by Crippen LogP contribution is 2.27. The number of amides is 2. The average molecular weight is 458 g/mol. The molecule has 0 saturated carbocycles. The Labute approximate surface area is 190 Å². The van der Waals surface area contributed by atoms with E-state index in [2.05, 4.69) is 10.6 Å². The molecule has 1 aliphatic rings. The Morgan fingerprint density at radius 1 is 1.03 bits per heavy atom. The second kappa shape index (κ2) is 10.3. The number of carbonyl (C=O) groups is 2. The molecule has 0 radical (unpaired) electrons. The van der Waals surface area contributed by atoms with Gasteiger partial charge in [0.1, 0.15) is 0 Å². The Bertz CT molecular complexity index is 1060. The average Bonchev–Trinajstić information content (AvgIpc) is 2.79. The second-order valence-corrected chi connectivity index (χ2v) is 10.3. The number of hydrogen-bond acceptors (Lipinski definition) is 4. The summed E-state index contributed by atoms with van der Waals surface area (Å²) in [7, 11) is -3.56. The van der Waals surface area contributed by atoms with Gasteiger partial charge in [0.15, 0.2) is 0 Å². The Morgan fingerprint density at radius 3 is 2.41 bits per heavy atom. The predicted molar refractivity (Wildman–Crippen MR) is 126 cm³/mol. The maximum absolute atomic E-state index is 13.1. The number of benzene rings is 2. The summed E-state index contributed by atoms with van der Waals surface area (Å²) in [4.78, 5) is 24.8. The molecule has 1 unspecified atom stereocenters. The summed E-state index contributed by atoms with van der Waals surface area (Å²) >= 11 is 0. The molecule has 1 aliphatic heterocycles. The van der Waals surface area contributed by atoms with Gasteiger partial charge in [-0.1, -0.05) is 33.3 Å². The van der Waals surface area contributed by atoms with Gasteiger partial charge in [-0.2, -0.15) is 4.31 Å². The van der Waals surface area contributed by atoms with Gasteiger partial charge < -0.3 is 10.6 Å². The van der Waals surface area contributed by atoms with Crippen LogP contribution in [0.4, 0.5) is 11.4 Å². The Kier molecular flexibility index (Phi) is 7.69. The van der Waals surface area contributed by atoms with Gasteiger partial charge in [0.05, 0.1) is 4.90 Å². The molecule has 1 saturated heterocycles. The van der Waals surface area contributed by atoms with Crippen LogP contribution in [0.25, 0.3) is 0 Å². The van der Waals surface area contributed by atoms with Crippen LogP contribution >= 0.6 is 0 Å². The maximum Gasteiger partial charge on any atom is 0.255 e. The molecule has 32 heavy (non-hydrogen) atoms. The van der Waals surface area contributed by atoms with Crippen molar-refractivity contribution in [2.75, 3.05) is 17.2 Å². The van der Waals surface area contributed by atoms with Crippen LogP contribution in [0.5, 0.6) is 0 Å². The minimum Gasteiger partial charge on any atom is -0.326 e. The smallest absolute Gasteiger partial charge is 0.255 e. The fourth-order valence-electron chi connectivity index (χ4n) is 3.77. The molecule has 1 fully saturated rings. The minimum absolute atomic E-state index is 0.0385. The van der Waals surface area contributed by atoms with Crippen LogP contribution in [0.2, 0.25) is 0 Å². The first-order valence-corrected chi connectivity index (χ1v) is 12.5. The molecule has 2 aromatic rings. The van der Waals surface area contributed by atoms with Crippen LogP contribution in [-0.4, -0.2) is 37.1 Å². The number of nitrogens with one attached hydrogen (secondary N) is 2. The van der Waals surface area contributed by atoms with Crippen LogP contribution < -0.4 is 10.6 Å². The van der Waals surface area contributed by atoms with Crippen molar-refractivity contribution in [1.29, 1.82) is 0 Å². The highest BCUT2D eigenvalue weighted by Gasteiger charge is 2.32. The van der Waals surface area contributed by atoms with E-state index >= 15 is 0 Å². The van der Waals surface area contributed by atoms with Crippen LogP contribution in [-0.2, 0) is 14.8 Å². The molecule has 172 valence electrons. The number of rotatable bonds is 7. The molecule has 0 bridgehead atoms. The number of carbonyl (C=O) groups excluding carboxylic acids is 2. The van der Waals surface area contributed by atoms with Gasteiger partial charge in [0.25, 0.3) is 5.91 Å². The summed E-state index contributed by atoms with van der Waals surface area (Å²) in [5.74, 6) is -0.637. The fourth-order valence-corrected chi connectivity index (χ4v) is 5.54. The summed E-state index contributed by atoms with van der Waals surface area (Å²) in [6.07, 6.45) is 3.61. The van der Waals surface area contributed by atoms with Gasteiger partial charge in [0.2, 0.25) is 15.9 Å². The van der Waals surface area contributed by atoms with Gasteiger partial charge >= 0.3 is 0 Å². The van der Waals surface area contributed by atoms with Crippen molar-refractivity contribution in [3.05, 3.63) is 54.1 Å². The lowest BCUT2D eigenvalue weighted by Crippen LogP contribution is -2.43.